The molecule has 2 saturated heterocycles. The first-order chi connectivity index (χ1) is 24.5. The van der Waals surface area contributed by atoms with Gasteiger partial charge in [-0.25, -0.2) is 13.4 Å². The van der Waals surface area contributed by atoms with Crippen LogP contribution in [-0.4, -0.2) is 90.9 Å². The molecule has 53 heavy (non-hydrogen) atoms. The van der Waals surface area contributed by atoms with Gasteiger partial charge in [0, 0.05) is 54.4 Å². The summed E-state index contributed by atoms with van der Waals surface area (Å²) in [5.41, 5.74) is 3.69. The summed E-state index contributed by atoms with van der Waals surface area (Å²) in [6, 6.07) is 16.5. The molecule has 17 heteroatoms. The fourth-order valence-corrected chi connectivity index (χ4v) is 9.00. The number of amides is 2. The predicted octanol–water partition coefficient (Wildman–Crippen LogP) is 5.78. The first-order valence-electron chi connectivity index (χ1n) is 16.5. The Balaban J connectivity index is 0.00000314. The molecule has 0 spiro atoms. The predicted molar refractivity (Wildman–Crippen MR) is 210 cm³/mol. The van der Waals surface area contributed by atoms with Crippen LogP contribution in [0.1, 0.15) is 35.2 Å². The quantitative estimate of drug-likeness (QED) is 0.120. The van der Waals surface area contributed by atoms with Crippen LogP contribution in [0.3, 0.4) is 0 Å². The Morgan fingerprint density at radius 3 is 2.36 bits per heavy atom. The molecule has 2 N–H and O–H groups in total. The van der Waals surface area contributed by atoms with Crippen LogP contribution in [0.2, 0.25) is 10.0 Å². The van der Waals surface area contributed by atoms with E-state index in [2.05, 4.69) is 10.1 Å². The number of nitrogens with zero attached hydrogens (tertiary/aromatic N) is 5. The number of carbonyl (C=O) groups excluding carboxylic acids is 2. The van der Waals surface area contributed by atoms with E-state index in [4.69, 9.17) is 38.5 Å². The lowest BCUT2D eigenvalue weighted by atomic mass is 10.1. The van der Waals surface area contributed by atoms with Crippen molar-refractivity contribution in [3.8, 4) is 11.5 Å². The molecule has 1 atom stereocenters. The summed E-state index contributed by atoms with van der Waals surface area (Å²) in [6.45, 7) is 4.97. The number of hydrogen-bond donors (Lipinski definition) is 1. The van der Waals surface area contributed by atoms with Gasteiger partial charge in [0.15, 0.2) is 6.61 Å². The number of pyridine rings is 1. The van der Waals surface area contributed by atoms with Crippen molar-refractivity contribution in [1.82, 2.24) is 19.1 Å². The van der Waals surface area contributed by atoms with Crippen LogP contribution >= 0.6 is 48.0 Å². The number of fused-ring (bicyclic) bond motifs is 1. The molecule has 0 radical (unpaired) electrons. The summed E-state index contributed by atoms with van der Waals surface area (Å²) in [5, 5.41) is 4.61. The third-order valence-electron chi connectivity index (χ3n) is 9.15. The normalized spacial score (nSPS) is 16.3. The number of carbonyl (C=O) groups is 2. The molecule has 0 saturated carbocycles. The van der Waals surface area contributed by atoms with E-state index in [1.165, 1.54) is 22.7 Å². The maximum atomic E-state index is 14.1. The van der Waals surface area contributed by atoms with Gasteiger partial charge in [-0.2, -0.15) is 9.41 Å². The second-order valence-corrected chi connectivity index (χ2v) is 15.1. The molecule has 3 heterocycles. The number of para-hydroxylation sites is 1. The standard InChI is InChI=1S/C36H38Cl2N6O6S.2ClH/c1-23-19-24(2)41-35-27(23)5-3-7-31(35)50-21-28-29(37)12-13-32(34(28)38)51(47,48)44-14-4-6-30(44)36(46)43-17-15-42(16-18-43)33(45)22-49-26-10-8-25(9-11-26)20-40-39;;/h3,5,7-13,19-20,30H,4,6,14-18,21-22,39H2,1-2H3;2*1H/t30-;;/m0../s1. The molecule has 12 nitrogen and oxygen atoms in total. The largest absolute Gasteiger partial charge is 0.487 e. The minimum atomic E-state index is -4.20. The molecule has 0 aliphatic carbocycles. The minimum absolute atomic E-state index is 0. The van der Waals surface area contributed by atoms with Crippen molar-refractivity contribution in [3.05, 3.63) is 93.1 Å². The van der Waals surface area contributed by atoms with E-state index < -0.39 is 16.1 Å². The van der Waals surface area contributed by atoms with Gasteiger partial charge in [-0.15, -0.1) is 24.8 Å². The first-order valence-corrected chi connectivity index (χ1v) is 18.7. The van der Waals surface area contributed by atoms with Crippen LogP contribution in [0, 0.1) is 13.8 Å². The van der Waals surface area contributed by atoms with E-state index in [9.17, 15) is 18.0 Å². The van der Waals surface area contributed by atoms with Gasteiger partial charge in [-0.05, 0) is 86.3 Å². The summed E-state index contributed by atoms with van der Waals surface area (Å²) in [4.78, 5) is 34.4. The smallest absolute Gasteiger partial charge is 0.260 e. The second-order valence-electron chi connectivity index (χ2n) is 12.5. The van der Waals surface area contributed by atoms with Gasteiger partial charge in [-0.3, -0.25) is 9.59 Å². The van der Waals surface area contributed by atoms with Gasteiger partial charge in [0.25, 0.3) is 5.91 Å². The zero-order valence-corrected chi connectivity index (χ0v) is 33.0. The highest BCUT2D eigenvalue weighted by molar-refractivity contribution is 7.89. The Kier molecular flexibility index (Phi) is 14.2. The molecule has 0 unspecified atom stereocenters. The van der Waals surface area contributed by atoms with E-state index in [1.54, 1.807) is 40.1 Å². The average Bonchev–Trinajstić information content (AvgIpc) is 3.62. The molecule has 284 valence electrons. The second kappa shape index (κ2) is 18.0. The lowest BCUT2D eigenvalue weighted by Crippen LogP contribution is -2.55. The van der Waals surface area contributed by atoms with Gasteiger partial charge in [0.2, 0.25) is 15.9 Å². The van der Waals surface area contributed by atoms with Crippen LogP contribution in [0.4, 0.5) is 0 Å². The van der Waals surface area contributed by atoms with E-state index >= 15 is 0 Å². The summed E-state index contributed by atoms with van der Waals surface area (Å²) >= 11 is 13.3. The number of rotatable bonds is 10. The van der Waals surface area contributed by atoms with Crippen molar-refractivity contribution in [2.45, 2.75) is 44.2 Å². The number of nitrogens with two attached hydrogens (primary N) is 1. The lowest BCUT2D eigenvalue weighted by Gasteiger charge is -2.37. The van der Waals surface area contributed by atoms with Gasteiger partial charge >= 0.3 is 0 Å². The molecule has 6 rings (SSSR count). The number of piperazine rings is 1. The molecule has 2 aliphatic heterocycles. The van der Waals surface area contributed by atoms with Crippen LogP contribution in [0.5, 0.6) is 11.5 Å². The maximum absolute atomic E-state index is 14.1. The maximum Gasteiger partial charge on any atom is 0.260 e. The van der Waals surface area contributed by atoms with Gasteiger partial charge in [0.1, 0.15) is 34.6 Å². The highest BCUT2D eigenvalue weighted by atomic mass is 35.5. The molecule has 2 aliphatic rings. The van der Waals surface area contributed by atoms with Gasteiger partial charge in [0.05, 0.1) is 11.2 Å². The average molecular weight is 827 g/mol. The van der Waals surface area contributed by atoms with Crippen molar-refractivity contribution in [2.24, 2.45) is 10.9 Å². The number of aromatic nitrogens is 1. The van der Waals surface area contributed by atoms with E-state index in [0.717, 1.165) is 22.2 Å². The Morgan fingerprint density at radius 2 is 1.66 bits per heavy atom. The number of hydrazone groups is 1. The van der Waals surface area contributed by atoms with Crippen LogP contribution in [0.15, 0.2) is 70.7 Å². The zero-order chi connectivity index (χ0) is 36.3. The van der Waals surface area contributed by atoms with Crippen molar-refractivity contribution in [3.63, 3.8) is 0 Å². The number of aryl methyl sites for hydroxylation is 2. The number of sulfonamides is 1. The van der Waals surface area contributed by atoms with E-state index in [-0.39, 0.29) is 84.4 Å². The zero-order valence-electron chi connectivity index (χ0n) is 29.0. The van der Waals surface area contributed by atoms with Crippen molar-refractivity contribution in [1.29, 1.82) is 0 Å². The monoisotopic (exact) mass is 824 g/mol. The Bertz CT molecular complexity index is 2100. The number of halogens is 4. The number of hydrogen-bond acceptors (Lipinski definition) is 9. The topological polar surface area (TPSA) is 148 Å². The lowest BCUT2D eigenvalue weighted by molar-refractivity contribution is -0.142. The highest BCUT2D eigenvalue weighted by Crippen LogP contribution is 2.37. The highest BCUT2D eigenvalue weighted by Gasteiger charge is 2.43. The molecule has 4 aromatic rings. The SMILES string of the molecule is Cc1cc(C)c2cccc(OCc3c(Cl)ccc(S(=O)(=O)N4CCC[C@H]4C(=O)N4CCN(C(=O)COc5ccc(C=NN)cc5)CC4)c3Cl)c2n1.Cl.Cl. The number of benzene rings is 3. The van der Waals surface area contributed by atoms with Crippen LogP contribution in [-0.2, 0) is 26.2 Å². The molecular formula is C36H40Cl4N6O6S. The van der Waals surface area contributed by atoms with Gasteiger partial charge < -0.3 is 25.1 Å². The molecular weight excluding hydrogens is 786 g/mol. The van der Waals surface area contributed by atoms with Crippen molar-refractivity contribution < 1.29 is 27.5 Å². The fraction of sp³-hybridized carbons (Fsp3) is 0.333. The molecule has 1 aromatic heterocycles. The molecule has 0 bridgehead atoms. The minimum Gasteiger partial charge on any atom is -0.487 e. The first kappa shape index (κ1) is 41.9. The molecule has 2 amide bonds. The van der Waals surface area contributed by atoms with Crippen molar-refractivity contribution in [2.75, 3.05) is 39.3 Å². The summed E-state index contributed by atoms with van der Waals surface area (Å²) < 4.78 is 41.2. The molecule has 2 fully saturated rings. The summed E-state index contributed by atoms with van der Waals surface area (Å²) in [6.07, 6.45) is 2.39. The van der Waals surface area contributed by atoms with E-state index in [1.807, 2.05) is 32.0 Å². The Morgan fingerprint density at radius 1 is 0.962 bits per heavy atom. The number of ether oxygens (including phenoxy) is 2. The van der Waals surface area contributed by atoms with E-state index in [0.29, 0.717) is 48.5 Å². The van der Waals surface area contributed by atoms with Crippen LogP contribution < -0.4 is 15.3 Å². The van der Waals surface area contributed by atoms with Gasteiger partial charge in [-0.1, -0.05) is 35.3 Å². The van der Waals surface area contributed by atoms with Crippen molar-refractivity contribution >= 4 is 87.0 Å². The van der Waals surface area contributed by atoms with Crippen LogP contribution in [0.25, 0.3) is 10.9 Å². The molecule has 3 aromatic carbocycles. The Hall–Kier alpha value is -3.85. The third-order valence-corrected chi connectivity index (χ3v) is 12.0. The summed E-state index contributed by atoms with van der Waals surface area (Å²) in [5.74, 6) is 5.71. The fourth-order valence-electron chi connectivity index (χ4n) is 6.49. The third kappa shape index (κ3) is 9.10. The summed E-state index contributed by atoms with van der Waals surface area (Å²) in [7, 11) is -4.20. The Labute approximate surface area is 331 Å².